The normalized spacial score (nSPS) is 10.6. The molecular formula is C23H15O6-. The van der Waals surface area contributed by atoms with Gasteiger partial charge in [0.15, 0.2) is 0 Å². The molecule has 0 N–H and O–H groups in total. The molecule has 0 spiro atoms. The second-order valence-corrected chi connectivity index (χ2v) is 6.24. The maximum absolute atomic E-state index is 12.7. The molecular weight excluding hydrogens is 372 g/mol. The predicted octanol–water partition coefficient (Wildman–Crippen LogP) is 3.38. The molecule has 0 fully saturated rings. The van der Waals surface area contributed by atoms with Crippen LogP contribution >= 0.6 is 0 Å². The van der Waals surface area contributed by atoms with Crippen LogP contribution in [0.2, 0.25) is 0 Å². The lowest BCUT2D eigenvalue weighted by Gasteiger charge is -2.09. The van der Waals surface area contributed by atoms with E-state index in [1.54, 1.807) is 12.1 Å². The fraction of sp³-hybridized carbons (Fsp3) is 0.0435. The van der Waals surface area contributed by atoms with Crippen molar-refractivity contribution in [1.29, 1.82) is 0 Å². The van der Waals surface area contributed by atoms with Gasteiger partial charge in [-0.15, -0.1) is 0 Å². The summed E-state index contributed by atoms with van der Waals surface area (Å²) in [5, 5.41) is 10.8. The zero-order valence-corrected chi connectivity index (χ0v) is 15.2. The van der Waals surface area contributed by atoms with Crippen LogP contribution in [0.3, 0.4) is 0 Å². The zero-order valence-electron chi connectivity index (χ0n) is 15.2. The Labute approximate surface area is 165 Å². The van der Waals surface area contributed by atoms with E-state index in [-0.39, 0.29) is 22.5 Å². The number of fused-ring (bicyclic) bond motifs is 1. The Bertz CT molecular complexity index is 1210. The molecule has 0 atom stereocenters. The summed E-state index contributed by atoms with van der Waals surface area (Å²) in [7, 11) is 0. The summed E-state index contributed by atoms with van der Waals surface area (Å²) < 4.78 is 16.2. The highest BCUT2D eigenvalue weighted by atomic mass is 16.5. The third-order valence-electron chi connectivity index (χ3n) is 4.26. The van der Waals surface area contributed by atoms with Crippen molar-refractivity contribution in [2.24, 2.45) is 0 Å². The van der Waals surface area contributed by atoms with Gasteiger partial charge < -0.3 is 23.8 Å². The molecule has 1 heterocycles. The lowest BCUT2D eigenvalue weighted by atomic mass is 10.1. The molecule has 6 heteroatoms. The summed E-state index contributed by atoms with van der Waals surface area (Å²) in [6.07, 6.45) is 1.22. The van der Waals surface area contributed by atoms with Crippen molar-refractivity contribution in [3.05, 3.63) is 89.3 Å². The molecule has 3 aromatic carbocycles. The maximum Gasteiger partial charge on any atom is 0.235 e. The van der Waals surface area contributed by atoms with E-state index < -0.39 is 12.6 Å². The first-order valence-corrected chi connectivity index (χ1v) is 8.82. The van der Waals surface area contributed by atoms with Crippen LogP contribution in [-0.4, -0.2) is 12.6 Å². The van der Waals surface area contributed by atoms with Crippen LogP contribution in [0, 0.1) is 0 Å². The molecule has 0 saturated heterocycles. The molecule has 6 nitrogen and oxygen atoms in total. The Hall–Kier alpha value is -4.06. The Morgan fingerprint density at radius 1 is 0.897 bits per heavy atom. The van der Waals surface area contributed by atoms with Crippen LogP contribution < -0.4 is 20.0 Å². The van der Waals surface area contributed by atoms with Crippen LogP contribution in [0.4, 0.5) is 0 Å². The molecule has 4 aromatic rings. The van der Waals surface area contributed by atoms with Gasteiger partial charge in [0.1, 0.15) is 30.0 Å². The first kappa shape index (κ1) is 18.3. The molecule has 0 aliphatic rings. The summed E-state index contributed by atoms with van der Waals surface area (Å²) in [5.41, 5.74) is 2.04. The van der Waals surface area contributed by atoms with Gasteiger partial charge in [0.05, 0.1) is 11.4 Å². The van der Waals surface area contributed by atoms with E-state index in [2.05, 4.69) is 0 Å². The monoisotopic (exact) mass is 387 g/mol. The quantitative estimate of drug-likeness (QED) is 0.504. The van der Waals surface area contributed by atoms with Gasteiger partial charge in [-0.3, -0.25) is 4.79 Å². The zero-order chi connectivity index (χ0) is 20.2. The number of benzene rings is 3. The molecule has 0 aliphatic carbocycles. The van der Waals surface area contributed by atoms with E-state index in [4.69, 9.17) is 13.9 Å². The van der Waals surface area contributed by atoms with Crippen molar-refractivity contribution in [3.63, 3.8) is 0 Å². The minimum Gasteiger partial charge on any atom is -0.546 e. The maximum atomic E-state index is 12.7. The number of carboxylic acids is 1. The number of hydrogen-bond donors (Lipinski definition) is 0. The summed E-state index contributed by atoms with van der Waals surface area (Å²) in [5.74, 6) is -0.526. The van der Waals surface area contributed by atoms with E-state index in [0.29, 0.717) is 11.1 Å². The Morgan fingerprint density at radius 2 is 1.59 bits per heavy atom. The highest BCUT2D eigenvalue weighted by Gasteiger charge is 2.10. The Balaban J connectivity index is 1.56. The van der Waals surface area contributed by atoms with Crippen LogP contribution in [0.25, 0.3) is 22.1 Å². The van der Waals surface area contributed by atoms with Crippen molar-refractivity contribution in [3.8, 4) is 28.4 Å². The smallest absolute Gasteiger partial charge is 0.235 e. The molecule has 0 bridgehead atoms. The Morgan fingerprint density at radius 3 is 2.31 bits per heavy atom. The Kier molecular flexibility index (Phi) is 4.99. The van der Waals surface area contributed by atoms with Gasteiger partial charge in [-0.05, 0) is 35.4 Å². The summed E-state index contributed by atoms with van der Waals surface area (Å²) >= 11 is 0. The van der Waals surface area contributed by atoms with Crippen molar-refractivity contribution < 1.29 is 23.8 Å². The van der Waals surface area contributed by atoms with E-state index in [9.17, 15) is 14.7 Å². The van der Waals surface area contributed by atoms with Crippen molar-refractivity contribution in [2.45, 2.75) is 0 Å². The van der Waals surface area contributed by atoms with Crippen molar-refractivity contribution in [1.82, 2.24) is 0 Å². The highest BCUT2D eigenvalue weighted by Crippen LogP contribution is 2.26. The predicted molar refractivity (Wildman–Crippen MR) is 105 cm³/mol. The number of hydrogen-bond acceptors (Lipinski definition) is 6. The number of carbonyl (C=O) groups is 1. The average molecular weight is 387 g/mol. The number of carbonyl (C=O) groups excluding carboxylic acids is 1. The minimum absolute atomic E-state index is 0.0494. The molecule has 0 aliphatic heterocycles. The SMILES string of the molecule is O=C([O-])COc1ccc2c(=O)c(Oc3ccc(-c4ccccc4)cc3)coc2c1. The van der Waals surface area contributed by atoms with E-state index >= 15 is 0 Å². The van der Waals surface area contributed by atoms with E-state index in [1.165, 1.54) is 24.5 Å². The minimum atomic E-state index is -1.34. The highest BCUT2D eigenvalue weighted by molar-refractivity contribution is 5.79. The second kappa shape index (κ2) is 7.90. The molecule has 4 rings (SSSR count). The van der Waals surface area contributed by atoms with E-state index in [0.717, 1.165) is 11.1 Å². The van der Waals surface area contributed by atoms with Gasteiger partial charge in [-0.1, -0.05) is 42.5 Å². The lowest BCUT2D eigenvalue weighted by molar-refractivity contribution is -0.307. The van der Waals surface area contributed by atoms with Gasteiger partial charge in [0, 0.05) is 6.07 Å². The number of carboxylic acid groups (broad SMARTS) is 1. The lowest BCUT2D eigenvalue weighted by Crippen LogP contribution is -2.28. The molecule has 0 unspecified atom stereocenters. The topological polar surface area (TPSA) is 88.8 Å². The van der Waals surface area contributed by atoms with Crippen LogP contribution in [0.15, 0.2) is 88.3 Å². The standard InChI is InChI=1S/C23H16O6/c24-22(25)14-27-18-10-11-19-20(12-18)28-13-21(23(19)26)29-17-8-6-16(7-9-17)15-4-2-1-3-5-15/h1-13H,14H2,(H,24,25)/p-1. The molecule has 0 radical (unpaired) electrons. The van der Waals surface area contributed by atoms with Crippen LogP contribution in [0.1, 0.15) is 0 Å². The van der Waals surface area contributed by atoms with Gasteiger partial charge in [0.2, 0.25) is 11.2 Å². The van der Waals surface area contributed by atoms with Gasteiger partial charge in [-0.2, -0.15) is 0 Å². The number of ether oxygens (including phenoxy) is 2. The summed E-state index contributed by atoms with van der Waals surface area (Å²) in [6.45, 7) is -0.587. The van der Waals surface area contributed by atoms with Gasteiger partial charge in [0.25, 0.3) is 0 Å². The third kappa shape index (κ3) is 4.11. The average Bonchev–Trinajstić information content (AvgIpc) is 2.75. The molecule has 0 amide bonds. The summed E-state index contributed by atoms with van der Waals surface area (Å²) in [6, 6.07) is 21.7. The fourth-order valence-corrected chi connectivity index (χ4v) is 2.87. The molecule has 0 saturated carbocycles. The van der Waals surface area contributed by atoms with Crippen molar-refractivity contribution >= 4 is 16.9 Å². The van der Waals surface area contributed by atoms with Crippen molar-refractivity contribution in [2.75, 3.05) is 6.61 Å². The van der Waals surface area contributed by atoms with E-state index in [1.807, 2.05) is 42.5 Å². The molecule has 144 valence electrons. The largest absolute Gasteiger partial charge is 0.546 e. The number of aliphatic carboxylic acids is 1. The van der Waals surface area contributed by atoms with Crippen LogP contribution in [0.5, 0.6) is 17.2 Å². The first-order valence-electron chi connectivity index (χ1n) is 8.82. The third-order valence-corrected chi connectivity index (χ3v) is 4.26. The second-order valence-electron chi connectivity index (χ2n) is 6.24. The fourth-order valence-electron chi connectivity index (χ4n) is 2.87. The van der Waals surface area contributed by atoms with Crippen LogP contribution in [-0.2, 0) is 4.79 Å². The molecule has 29 heavy (non-hydrogen) atoms. The molecule has 1 aromatic heterocycles. The summed E-state index contributed by atoms with van der Waals surface area (Å²) in [4.78, 5) is 23.2. The number of rotatable bonds is 6. The van der Waals surface area contributed by atoms with Gasteiger partial charge >= 0.3 is 0 Å². The van der Waals surface area contributed by atoms with Gasteiger partial charge in [-0.25, -0.2) is 0 Å². The first-order chi connectivity index (χ1) is 14.1.